The van der Waals surface area contributed by atoms with E-state index < -0.39 is 22.0 Å². The summed E-state index contributed by atoms with van der Waals surface area (Å²) < 4.78 is 54.9. The molecule has 0 spiro atoms. The molecule has 1 aliphatic rings. The van der Waals surface area contributed by atoms with Crippen LogP contribution in [0.4, 0.5) is 24.7 Å². The molecule has 210 valence electrons. The Labute approximate surface area is 225 Å². The molecule has 2 aromatic carbocycles. The molecule has 0 bridgehead atoms. The van der Waals surface area contributed by atoms with Crippen molar-refractivity contribution in [2.24, 2.45) is 0 Å². The van der Waals surface area contributed by atoms with Crippen molar-refractivity contribution in [3.8, 4) is 11.4 Å². The van der Waals surface area contributed by atoms with Gasteiger partial charge in [0.05, 0.1) is 23.2 Å². The highest BCUT2D eigenvalue weighted by atomic mass is 32.2. The average molecular weight is 577 g/mol. The Hall–Kier alpha value is -4.53. The molecule has 11 nitrogen and oxygen atoms in total. The Morgan fingerprint density at radius 2 is 1.77 bits per heavy atom. The van der Waals surface area contributed by atoms with Crippen LogP contribution in [-0.4, -0.2) is 69.3 Å². The molecule has 4 N–H and O–H groups in total. The monoisotopic (exact) mass is 576 g/mol. The number of halogens is 3. The molecule has 0 saturated carbocycles. The third-order valence-corrected chi connectivity index (χ3v) is 7.60. The molecule has 1 fully saturated rings. The minimum Gasteiger partial charge on any atom is -0.475 e. The highest BCUT2D eigenvalue weighted by Crippen LogP contribution is 2.23. The van der Waals surface area contributed by atoms with Crippen molar-refractivity contribution in [3.63, 3.8) is 0 Å². The Morgan fingerprint density at radius 3 is 2.48 bits per heavy atom. The molecule has 2 aromatic heterocycles. The zero-order valence-corrected chi connectivity index (χ0v) is 21.5. The first-order valence-corrected chi connectivity index (χ1v) is 13.7. The van der Waals surface area contributed by atoms with Crippen LogP contribution >= 0.6 is 0 Å². The van der Waals surface area contributed by atoms with Gasteiger partial charge in [0.15, 0.2) is 5.82 Å². The van der Waals surface area contributed by atoms with E-state index in [0.717, 1.165) is 16.6 Å². The van der Waals surface area contributed by atoms with E-state index in [1.54, 1.807) is 36.7 Å². The summed E-state index contributed by atoms with van der Waals surface area (Å²) in [7, 11) is -2.97. The Kier molecular flexibility index (Phi) is 8.32. The number of carbonyl (C=O) groups excluding carboxylic acids is 1. The van der Waals surface area contributed by atoms with Crippen LogP contribution in [0.3, 0.4) is 0 Å². The third kappa shape index (κ3) is 7.53. The quantitative estimate of drug-likeness (QED) is 0.277. The number of amides is 1. The van der Waals surface area contributed by atoms with Gasteiger partial charge in [-0.25, -0.2) is 23.2 Å². The van der Waals surface area contributed by atoms with Gasteiger partial charge in [0.25, 0.3) is 5.91 Å². The average Bonchev–Trinajstić information content (AvgIpc) is 3.38. The number of aromatic nitrogens is 4. The fraction of sp³-hybridized carbons (Fsp3) is 0.240. The lowest BCUT2D eigenvalue weighted by molar-refractivity contribution is -0.192. The number of sulfone groups is 1. The van der Waals surface area contributed by atoms with E-state index in [-0.39, 0.29) is 23.5 Å². The van der Waals surface area contributed by atoms with E-state index in [1.807, 2.05) is 24.3 Å². The minimum absolute atomic E-state index is 0.110. The van der Waals surface area contributed by atoms with E-state index in [1.165, 1.54) is 0 Å². The molecule has 4 aromatic rings. The predicted octanol–water partition coefficient (Wildman–Crippen LogP) is 3.70. The lowest BCUT2D eigenvalue weighted by atomic mass is 10.1. The van der Waals surface area contributed by atoms with Gasteiger partial charge < -0.3 is 15.7 Å². The SMILES string of the molecule is O=C(NC1CCS(=O)(=O)CC1)c1cccc(-c2nccc(Nc3ccc4[nH]ncc4c3)n2)c1.O=C(O)C(F)(F)F. The van der Waals surface area contributed by atoms with Crippen LogP contribution < -0.4 is 10.6 Å². The summed E-state index contributed by atoms with van der Waals surface area (Å²) in [6.45, 7) is 0. The maximum absolute atomic E-state index is 12.7. The van der Waals surface area contributed by atoms with Crippen LogP contribution in [0.25, 0.3) is 22.3 Å². The summed E-state index contributed by atoms with van der Waals surface area (Å²) in [5.41, 5.74) is 3.01. The highest BCUT2D eigenvalue weighted by Gasteiger charge is 2.38. The molecule has 3 heterocycles. The molecule has 0 unspecified atom stereocenters. The van der Waals surface area contributed by atoms with Gasteiger partial charge in [-0.1, -0.05) is 12.1 Å². The second kappa shape index (κ2) is 11.7. The van der Waals surface area contributed by atoms with Crippen LogP contribution in [0.2, 0.25) is 0 Å². The van der Waals surface area contributed by atoms with Gasteiger partial charge in [0.2, 0.25) is 0 Å². The number of fused-ring (bicyclic) bond motifs is 1. The van der Waals surface area contributed by atoms with Crippen molar-refractivity contribution in [1.29, 1.82) is 0 Å². The van der Waals surface area contributed by atoms with Gasteiger partial charge in [0.1, 0.15) is 15.7 Å². The first-order chi connectivity index (χ1) is 18.9. The minimum atomic E-state index is -5.08. The largest absolute Gasteiger partial charge is 0.490 e. The standard InChI is InChI=1S/C23H22N6O3S.C2HF3O2/c30-23(27-18-7-10-33(31,32)11-8-18)16-3-1-2-15(12-16)22-24-9-6-21(28-22)26-19-4-5-20-17(13-19)14-25-29-20;3-2(4,5)1(6)7/h1-6,9,12-14,18H,7-8,10-11H2,(H,25,29)(H,27,30)(H,24,26,28);(H,6,7). The Balaban J connectivity index is 0.000000470. The van der Waals surface area contributed by atoms with E-state index >= 15 is 0 Å². The van der Waals surface area contributed by atoms with Crippen molar-refractivity contribution in [2.45, 2.75) is 25.1 Å². The molecular weight excluding hydrogens is 553 g/mol. The lowest BCUT2D eigenvalue weighted by Gasteiger charge is -2.23. The normalized spacial score (nSPS) is 15.1. The molecule has 1 saturated heterocycles. The van der Waals surface area contributed by atoms with E-state index in [9.17, 15) is 26.4 Å². The molecule has 0 radical (unpaired) electrons. The number of rotatable bonds is 5. The van der Waals surface area contributed by atoms with Crippen molar-refractivity contribution >= 4 is 44.1 Å². The van der Waals surface area contributed by atoms with Crippen LogP contribution in [0.1, 0.15) is 23.2 Å². The number of carboxylic acid groups (broad SMARTS) is 1. The summed E-state index contributed by atoms with van der Waals surface area (Å²) in [6.07, 6.45) is -0.782. The topological polar surface area (TPSA) is 167 Å². The molecular formula is C25H23F3N6O5S. The van der Waals surface area contributed by atoms with Crippen LogP contribution in [-0.2, 0) is 14.6 Å². The molecule has 40 heavy (non-hydrogen) atoms. The van der Waals surface area contributed by atoms with Crippen LogP contribution in [0.15, 0.2) is 60.9 Å². The smallest absolute Gasteiger partial charge is 0.475 e. The van der Waals surface area contributed by atoms with Gasteiger partial charge in [0, 0.05) is 34.4 Å². The summed E-state index contributed by atoms with van der Waals surface area (Å²) in [5, 5.41) is 21.3. The summed E-state index contributed by atoms with van der Waals surface area (Å²) >= 11 is 0. The van der Waals surface area contributed by atoms with E-state index in [0.29, 0.717) is 35.6 Å². The number of nitrogens with one attached hydrogen (secondary N) is 3. The van der Waals surface area contributed by atoms with Gasteiger partial charge >= 0.3 is 12.1 Å². The molecule has 5 rings (SSSR count). The number of H-pyrrole nitrogens is 1. The number of alkyl halides is 3. The van der Waals surface area contributed by atoms with Gasteiger partial charge in [-0.3, -0.25) is 9.89 Å². The first kappa shape index (κ1) is 28.5. The number of nitrogens with zero attached hydrogens (tertiary/aromatic N) is 3. The highest BCUT2D eigenvalue weighted by molar-refractivity contribution is 7.91. The Bertz CT molecular complexity index is 1630. The number of carbonyl (C=O) groups is 2. The second-order valence-electron chi connectivity index (χ2n) is 8.85. The molecule has 0 aliphatic carbocycles. The van der Waals surface area contributed by atoms with Crippen molar-refractivity contribution in [3.05, 3.63) is 66.5 Å². The van der Waals surface area contributed by atoms with Gasteiger partial charge in [-0.2, -0.15) is 18.3 Å². The summed E-state index contributed by atoms with van der Waals surface area (Å²) in [6, 6.07) is 14.6. The zero-order chi connectivity index (χ0) is 28.9. The van der Waals surface area contributed by atoms with Gasteiger partial charge in [-0.15, -0.1) is 0 Å². The molecule has 0 atom stereocenters. The van der Waals surface area contributed by atoms with Crippen molar-refractivity contribution in [1.82, 2.24) is 25.5 Å². The number of benzene rings is 2. The van der Waals surface area contributed by atoms with Crippen LogP contribution in [0.5, 0.6) is 0 Å². The maximum atomic E-state index is 12.7. The Morgan fingerprint density at radius 1 is 1.05 bits per heavy atom. The van der Waals surface area contributed by atoms with E-state index in [2.05, 4.69) is 30.8 Å². The summed E-state index contributed by atoms with van der Waals surface area (Å²) in [4.78, 5) is 30.6. The molecule has 1 aliphatic heterocycles. The number of aromatic amines is 1. The number of anilines is 2. The fourth-order valence-electron chi connectivity index (χ4n) is 3.84. The van der Waals surface area contributed by atoms with Gasteiger partial charge in [-0.05, 0) is 49.2 Å². The van der Waals surface area contributed by atoms with Crippen LogP contribution in [0, 0.1) is 0 Å². The first-order valence-electron chi connectivity index (χ1n) is 11.8. The predicted molar refractivity (Wildman–Crippen MR) is 140 cm³/mol. The number of carboxylic acids is 1. The number of hydrogen-bond acceptors (Lipinski definition) is 8. The van der Waals surface area contributed by atoms with E-state index in [4.69, 9.17) is 9.90 Å². The molecule has 15 heteroatoms. The van der Waals surface area contributed by atoms with Crippen molar-refractivity contribution < 1.29 is 36.3 Å². The molecule has 1 amide bonds. The third-order valence-electron chi connectivity index (χ3n) is 5.88. The summed E-state index contributed by atoms with van der Waals surface area (Å²) in [5.74, 6) is -1.65. The maximum Gasteiger partial charge on any atom is 0.490 e. The zero-order valence-electron chi connectivity index (χ0n) is 20.6. The number of hydrogen-bond donors (Lipinski definition) is 4. The fourth-order valence-corrected chi connectivity index (χ4v) is 5.33. The second-order valence-corrected chi connectivity index (χ2v) is 11.1. The lowest BCUT2D eigenvalue weighted by Crippen LogP contribution is -2.40. The van der Waals surface area contributed by atoms with Crippen molar-refractivity contribution in [2.75, 3.05) is 16.8 Å². The number of aliphatic carboxylic acids is 1.